The average molecular weight is 271 g/mol. The fourth-order valence-electron chi connectivity index (χ4n) is 1.20. The fraction of sp³-hybridized carbons (Fsp3) is 0.308. The standard InChI is InChI=1S/C13H12F3NO2/c1-4-12(2,3)17-11(18)9-5-7-10(8-6-9)19-13(14,15)16/h1,5-8H,2-3H3,(H,17,18). The third kappa shape index (κ3) is 4.92. The molecule has 1 aromatic rings. The third-order valence-corrected chi connectivity index (χ3v) is 2.14. The summed E-state index contributed by atoms with van der Waals surface area (Å²) in [5, 5.41) is 2.55. The van der Waals surface area contributed by atoms with E-state index >= 15 is 0 Å². The molecule has 0 bridgehead atoms. The molecule has 0 saturated heterocycles. The molecule has 19 heavy (non-hydrogen) atoms. The summed E-state index contributed by atoms with van der Waals surface area (Å²) >= 11 is 0. The zero-order valence-corrected chi connectivity index (χ0v) is 10.3. The smallest absolute Gasteiger partial charge is 0.406 e. The number of ether oxygens (including phenoxy) is 1. The minimum absolute atomic E-state index is 0.192. The maximum absolute atomic E-state index is 11.9. The van der Waals surface area contributed by atoms with Crippen molar-refractivity contribution in [2.24, 2.45) is 0 Å². The zero-order chi connectivity index (χ0) is 14.7. The maximum atomic E-state index is 11.9. The Labute approximate surface area is 108 Å². The van der Waals surface area contributed by atoms with E-state index in [4.69, 9.17) is 6.42 Å². The van der Waals surface area contributed by atoms with Gasteiger partial charge >= 0.3 is 6.36 Å². The number of halogens is 3. The number of terminal acetylenes is 1. The number of hydrogen-bond donors (Lipinski definition) is 1. The fourth-order valence-corrected chi connectivity index (χ4v) is 1.20. The number of benzene rings is 1. The predicted octanol–water partition coefficient (Wildman–Crippen LogP) is 2.73. The van der Waals surface area contributed by atoms with Crippen molar-refractivity contribution >= 4 is 5.91 Å². The van der Waals surface area contributed by atoms with Crippen LogP contribution in [0.2, 0.25) is 0 Å². The molecule has 0 heterocycles. The van der Waals surface area contributed by atoms with Gasteiger partial charge in [-0.25, -0.2) is 0 Å². The van der Waals surface area contributed by atoms with E-state index in [0.29, 0.717) is 0 Å². The third-order valence-electron chi connectivity index (χ3n) is 2.14. The second-order valence-corrected chi connectivity index (χ2v) is 4.30. The van der Waals surface area contributed by atoms with Crippen molar-refractivity contribution in [1.82, 2.24) is 5.32 Å². The van der Waals surface area contributed by atoms with Gasteiger partial charge < -0.3 is 10.1 Å². The molecule has 3 nitrogen and oxygen atoms in total. The summed E-state index contributed by atoms with van der Waals surface area (Å²) in [6.45, 7) is 3.26. The first-order valence-electron chi connectivity index (χ1n) is 5.29. The minimum Gasteiger partial charge on any atom is -0.406 e. The molecule has 0 aliphatic carbocycles. The summed E-state index contributed by atoms with van der Waals surface area (Å²) in [5.41, 5.74) is -0.643. The van der Waals surface area contributed by atoms with Crippen molar-refractivity contribution in [3.63, 3.8) is 0 Å². The first-order chi connectivity index (χ1) is 8.63. The molecule has 0 atom stereocenters. The van der Waals surface area contributed by atoms with Crippen molar-refractivity contribution in [2.75, 3.05) is 0 Å². The van der Waals surface area contributed by atoms with Crippen LogP contribution in [0.5, 0.6) is 5.75 Å². The largest absolute Gasteiger partial charge is 0.573 e. The van der Waals surface area contributed by atoms with Crippen LogP contribution in [0.1, 0.15) is 24.2 Å². The Balaban J connectivity index is 2.77. The van der Waals surface area contributed by atoms with Crippen molar-refractivity contribution in [2.45, 2.75) is 25.7 Å². The highest BCUT2D eigenvalue weighted by molar-refractivity contribution is 5.95. The zero-order valence-electron chi connectivity index (χ0n) is 10.3. The first kappa shape index (κ1) is 14.9. The van der Waals surface area contributed by atoms with Gasteiger partial charge in [0, 0.05) is 5.56 Å². The number of nitrogens with one attached hydrogen (secondary N) is 1. The predicted molar refractivity (Wildman–Crippen MR) is 63.5 cm³/mol. The van der Waals surface area contributed by atoms with Gasteiger partial charge in [0.2, 0.25) is 0 Å². The van der Waals surface area contributed by atoms with Gasteiger partial charge in [0.15, 0.2) is 0 Å². The Morgan fingerprint density at radius 3 is 2.21 bits per heavy atom. The lowest BCUT2D eigenvalue weighted by Gasteiger charge is -2.19. The Bertz CT molecular complexity index is 498. The van der Waals surface area contributed by atoms with Crippen LogP contribution in [-0.2, 0) is 0 Å². The van der Waals surface area contributed by atoms with Gasteiger partial charge in [0.25, 0.3) is 5.91 Å². The first-order valence-corrected chi connectivity index (χ1v) is 5.29. The lowest BCUT2D eigenvalue weighted by atomic mass is 10.1. The van der Waals surface area contributed by atoms with E-state index in [1.165, 1.54) is 12.1 Å². The van der Waals surface area contributed by atoms with Crippen molar-refractivity contribution in [3.8, 4) is 18.1 Å². The summed E-state index contributed by atoms with van der Waals surface area (Å²) in [7, 11) is 0. The van der Waals surface area contributed by atoms with Crippen LogP contribution in [0.4, 0.5) is 13.2 Å². The quantitative estimate of drug-likeness (QED) is 0.858. The highest BCUT2D eigenvalue weighted by atomic mass is 19.4. The van der Waals surface area contributed by atoms with E-state index in [-0.39, 0.29) is 11.3 Å². The van der Waals surface area contributed by atoms with Crippen LogP contribution in [0.3, 0.4) is 0 Å². The molecule has 1 aromatic carbocycles. The van der Waals surface area contributed by atoms with Crippen LogP contribution in [0.15, 0.2) is 24.3 Å². The van der Waals surface area contributed by atoms with Crippen LogP contribution >= 0.6 is 0 Å². The van der Waals surface area contributed by atoms with Crippen LogP contribution in [0, 0.1) is 12.3 Å². The Hall–Kier alpha value is -2.16. The van der Waals surface area contributed by atoms with E-state index in [1.807, 2.05) is 0 Å². The molecular weight excluding hydrogens is 259 g/mol. The van der Waals surface area contributed by atoms with Gasteiger partial charge in [0.1, 0.15) is 5.75 Å². The highest BCUT2D eigenvalue weighted by Crippen LogP contribution is 2.22. The second-order valence-electron chi connectivity index (χ2n) is 4.30. The van der Waals surface area contributed by atoms with E-state index in [2.05, 4.69) is 16.0 Å². The van der Waals surface area contributed by atoms with Gasteiger partial charge in [-0.3, -0.25) is 4.79 Å². The van der Waals surface area contributed by atoms with E-state index < -0.39 is 17.8 Å². The van der Waals surface area contributed by atoms with E-state index in [0.717, 1.165) is 12.1 Å². The minimum atomic E-state index is -4.75. The molecule has 102 valence electrons. The molecule has 0 fully saturated rings. The Morgan fingerprint density at radius 1 is 1.26 bits per heavy atom. The molecule has 1 amide bonds. The number of carbonyl (C=O) groups excluding carboxylic acids is 1. The van der Waals surface area contributed by atoms with Crippen LogP contribution in [0.25, 0.3) is 0 Å². The summed E-state index contributed by atoms with van der Waals surface area (Å²) < 4.78 is 39.5. The van der Waals surface area contributed by atoms with Crippen molar-refractivity contribution in [1.29, 1.82) is 0 Å². The number of carbonyl (C=O) groups is 1. The van der Waals surface area contributed by atoms with Gasteiger partial charge in [-0.1, -0.05) is 5.92 Å². The average Bonchev–Trinajstić information content (AvgIpc) is 2.27. The summed E-state index contributed by atoms with van der Waals surface area (Å²) in [4.78, 5) is 11.7. The molecule has 0 unspecified atom stereocenters. The highest BCUT2D eigenvalue weighted by Gasteiger charge is 2.31. The molecular formula is C13H12F3NO2. The van der Waals surface area contributed by atoms with Crippen LogP contribution < -0.4 is 10.1 Å². The van der Waals surface area contributed by atoms with Gasteiger partial charge in [-0.2, -0.15) is 0 Å². The second kappa shape index (κ2) is 5.22. The molecule has 0 aromatic heterocycles. The number of rotatable bonds is 3. The monoisotopic (exact) mass is 271 g/mol. The molecule has 0 radical (unpaired) electrons. The number of hydrogen-bond acceptors (Lipinski definition) is 2. The maximum Gasteiger partial charge on any atom is 0.573 e. The molecule has 0 aliphatic rings. The number of alkyl halides is 3. The normalized spacial score (nSPS) is 11.6. The summed E-state index contributed by atoms with van der Waals surface area (Å²) in [6.07, 6.45) is 0.462. The SMILES string of the molecule is C#CC(C)(C)NC(=O)c1ccc(OC(F)(F)F)cc1. The summed E-state index contributed by atoms with van der Waals surface area (Å²) in [5.74, 6) is 1.52. The van der Waals surface area contributed by atoms with E-state index in [9.17, 15) is 18.0 Å². The van der Waals surface area contributed by atoms with E-state index in [1.54, 1.807) is 13.8 Å². The molecule has 1 N–H and O–H groups in total. The van der Waals surface area contributed by atoms with Gasteiger partial charge in [-0.15, -0.1) is 19.6 Å². The van der Waals surface area contributed by atoms with Gasteiger partial charge in [-0.05, 0) is 38.1 Å². The molecule has 1 rings (SSSR count). The lowest BCUT2D eigenvalue weighted by Crippen LogP contribution is -2.42. The Morgan fingerprint density at radius 2 is 1.79 bits per heavy atom. The van der Waals surface area contributed by atoms with Crippen molar-refractivity contribution < 1.29 is 22.7 Å². The topological polar surface area (TPSA) is 38.3 Å². The van der Waals surface area contributed by atoms with Crippen molar-refractivity contribution in [3.05, 3.63) is 29.8 Å². The van der Waals surface area contributed by atoms with Crippen LogP contribution in [-0.4, -0.2) is 17.8 Å². The summed E-state index contributed by atoms with van der Waals surface area (Å²) in [6, 6.07) is 4.57. The molecule has 0 spiro atoms. The lowest BCUT2D eigenvalue weighted by molar-refractivity contribution is -0.274. The number of amides is 1. The Kier molecular flexibility index (Phi) is 4.10. The molecule has 0 aliphatic heterocycles. The molecule has 0 saturated carbocycles. The van der Waals surface area contributed by atoms with Gasteiger partial charge in [0.05, 0.1) is 5.54 Å². The molecule has 6 heteroatoms.